The highest BCUT2D eigenvalue weighted by Crippen LogP contribution is 2.18. The minimum absolute atomic E-state index is 0.117. The van der Waals surface area contributed by atoms with Crippen molar-refractivity contribution in [1.29, 1.82) is 0 Å². The third kappa shape index (κ3) is 3.93. The number of carbonyl (C=O) groups is 2. The second-order valence-electron chi connectivity index (χ2n) is 5.91. The number of carbonyl (C=O) groups excluding carboxylic acids is 2. The zero-order valence-electron chi connectivity index (χ0n) is 14.1. The fourth-order valence-corrected chi connectivity index (χ4v) is 2.63. The van der Waals surface area contributed by atoms with Gasteiger partial charge < -0.3 is 15.1 Å². The number of benzene rings is 1. The van der Waals surface area contributed by atoms with Crippen molar-refractivity contribution in [3.63, 3.8) is 0 Å². The molecule has 2 amide bonds. The number of hydrogen-bond donors (Lipinski definition) is 1. The summed E-state index contributed by atoms with van der Waals surface area (Å²) in [7, 11) is 0. The molecule has 0 radical (unpaired) electrons. The number of nitrogens with zero attached hydrogens (tertiary/aromatic N) is 4. The molecule has 0 atom stereocenters. The number of halogens is 2. The van der Waals surface area contributed by atoms with Gasteiger partial charge in [-0.3, -0.25) is 9.59 Å². The van der Waals surface area contributed by atoms with E-state index in [4.69, 9.17) is 0 Å². The second-order valence-corrected chi connectivity index (χ2v) is 5.91. The minimum Gasteiger partial charge on any atom is -0.342 e. The Labute approximate surface area is 148 Å². The molecule has 1 fully saturated rings. The topological polar surface area (TPSA) is 78.4 Å². The van der Waals surface area contributed by atoms with E-state index in [1.54, 1.807) is 22.8 Å². The van der Waals surface area contributed by atoms with Gasteiger partial charge in [-0.25, -0.2) is 18.7 Å². The fraction of sp³-hybridized carbons (Fsp3) is 0.294. The summed E-state index contributed by atoms with van der Waals surface area (Å²) in [5.41, 5.74) is 1.02. The Morgan fingerprint density at radius 2 is 1.85 bits per heavy atom. The number of anilines is 2. The smallest absolute Gasteiger partial charge is 0.272 e. The first-order chi connectivity index (χ1) is 12.5. The van der Waals surface area contributed by atoms with Crippen molar-refractivity contribution in [2.45, 2.75) is 6.92 Å². The van der Waals surface area contributed by atoms with Crippen LogP contribution in [0.3, 0.4) is 0 Å². The van der Waals surface area contributed by atoms with Crippen molar-refractivity contribution in [2.24, 2.45) is 0 Å². The summed E-state index contributed by atoms with van der Waals surface area (Å²) in [5.74, 6) is -2.10. The Hall–Kier alpha value is -3.10. The lowest BCUT2D eigenvalue weighted by atomic mass is 10.2. The Balaban J connectivity index is 1.77. The predicted molar refractivity (Wildman–Crippen MR) is 90.0 cm³/mol. The molecule has 1 N–H and O–H groups in total. The van der Waals surface area contributed by atoms with Gasteiger partial charge in [0.25, 0.3) is 5.91 Å². The van der Waals surface area contributed by atoms with E-state index < -0.39 is 11.6 Å². The molecule has 7 nitrogen and oxygen atoms in total. The van der Waals surface area contributed by atoms with Gasteiger partial charge in [0.05, 0.1) is 0 Å². The maximum atomic E-state index is 13.3. The summed E-state index contributed by atoms with van der Waals surface area (Å²) in [6, 6.07) is 4.89. The van der Waals surface area contributed by atoms with Crippen LogP contribution in [-0.4, -0.2) is 58.3 Å². The molecule has 2 heterocycles. The Morgan fingerprint density at radius 1 is 1.12 bits per heavy atom. The molecule has 3 rings (SSSR count). The summed E-state index contributed by atoms with van der Waals surface area (Å²) in [6.07, 6.45) is 0.764. The molecular formula is C17H17F2N5O2. The number of piperazine rings is 1. The molecule has 2 aromatic rings. The first-order valence-corrected chi connectivity index (χ1v) is 8.02. The maximum absolute atomic E-state index is 13.3. The number of rotatable bonds is 4. The average Bonchev–Trinajstić information content (AvgIpc) is 2.64. The Bertz CT molecular complexity index is 838. The molecule has 1 aliphatic rings. The van der Waals surface area contributed by atoms with E-state index in [2.05, 4.69) is 15.3 Å². The molecule has 1 aromatic carbocycles. The van der Waals surface area contributed by atoms with Crippen LogP contribution in [0.4, 0.5) is 20.4 Å². The van der Waals surface area contributed by atoms with Gasteiger partial charge in [0.15, 0.2) is 11.6 Å². The van der Waals surface area contributed by atoms with Gasteiger partial charge in [0.2, 0.25) is 12.4 Å². The van der Waals surface area contributed by atoms with Crippen LogP contribution in [0.1, 0.15) is 16.2 Å². The molecule has 0 saturated carbocycles. The minimum atomic E-state index is -0.994. The lowest BCUT2D eigenvalue weighted by Crippen LogP contribution is -2.48. The van der Waals surface area contributed by atoms with Crippen LogP contribution in [0.15, 0.2) is 24.3 Å². The molecule has 0 spiro atoms. The molecule has 0 unspecified atom stereocenters. The summed E-state index contributed by atoms with van der Waals surface area (Å²) < 4.78 is 26.3. The number of hydrogen-bond acceptors (Lipinski definition) is 5. The number of aromatic nitrogens is 2. The first-order valence-electron chi connectivity index (χ1n) is 8.02. The van der Waals surface area contributed by atoms with E-state index in [1.807, 2.05) is 0 Å². The van der Waals surface area contributed by atoms with Gasteiger partial charge >= 0.3 is 0 Å². The SMILES string of the molecule is Cc1cc(C(=O)N2CCN(C=O)CC2)nc(Nc2ccc(F)c(F)c2)n1. The van der Waals surface area contributed by atoms with E-state index in [1.165, 1.54) is 6.07 Å². The van der Waals surface area contributed by atoms with Gasteiger partial charge in [-0.05, 0) is 25.1 Å². The van der Waals surface area contributed by atoms with Gasteiger partial charge in [0.1, 0.15) is 5.69 Å². The van der Waals surface area contributed by atoms with E-state index in [0.29, 0.717) is 31.9 Å². The van der Waals surface area contributed by atoms with Gasteiger partial charge in [0, 0.05) is 43.6 Å². The van der Waals surface area contributed by atoms with Crippen molar-refractivity contribution < 1.29 is 18.4 Å². The molecule has 136 valence electrons. The summed E-state index contributed by atoms with van der Waals surface area (Å²) >= 11 is 0. The van der Waals surface area contributed by atoms with Gasteiger partial charge in [-0.1, -0.05) is 0 Å². The van der Waals surface area contributed by atoms with E-state index in [0.717, 1.165) is 18.5 Å². The van der Waals surface area contributed by atoms with Crippen molar-refractivity contribution in [3.05, 3.63) is 47.3 Å². The Kier molecular flexibility index (Phi) is 5.06. The van der Waals surface area contributed by atoms with Gasteiger partial charge in [-0.15, -0.1) is 0 Å². The summed E-state index contributed by atoms with van der Waals surface area (Å²) in [6.45, 7) is 3.50. The van der Waals surface area contributed by atoms with E-state index >= 15 is 0 Å². The van der Waals surface area contributed by atoms with Crippen LogP contribution in [0.2, 0.25) is 0 Å². The van der Waals surface area contributed by atoms with Crippen LogP contribution in [0.5, 0.6) is 0 Å². The first kappa shape index (κ1) is 17.7. The molecule has 0 aliphatic carbocycles. The van der Waals surface area contributed by atoms with Crippen LogP contribution in [0.25, 0.3) is 0 Å². The Morgan fingerprint density at radius 3 is 2.50 bits per heavy atom. The highest BCUT2D eigenvalue weighted by atomic mass is 19.2. The van der Waals surface area contributed by atoms with Crippen LogP contribution in [-0.2, 0) is 4.79 Å². The lowest BCUT2D eigenvalue weighted by molar-refractivity contribution is -0.119. The standard InChI is InChI=1S/C17H17F2N5O2/c1-11-8-15(16(26)24-6-4-23(10-25)5-7-24)22-17(20-11)21-12-2-3-13(18)14(19)9-12/h2-3,8-10H,4-7H2,1H3,(H,20,21,22). The quantitative estimate of drug-likeness (QED) is 0.839. The fourth-order valence-electron chi connectivity index (χ4n) is 2.63. The largest absolute Gasteiger partial charge is 0.342 e. The highest BCUT2D eigenvalue weighted by Gasteiger charge is 2.23. The zero-order valence-corrected chi connectivity index (χ0v) is 14.1. The summed E-state index contributed by atoms with van der Waals surface area (Å²) in [4.78, 5) is 35.0. The molecule has 1 saturated heterocycles. The van der Waals surface area contributed by atoms with Crippen LogP contribution in [0, 0.1) is 18.6 Å². The van der Waals surface area contributed by atoms with Crippen LogP contribution >= 0.6 is 0 Å². The molecule has 0 bridgehead atoms. The number of nitrogens with one attached hydrogen (secondary N) is 1. The summed E-state index contributed by atoms with van der Waals surface area (Å²) in [5, 5.41) is 2.77. The van der Waals surface area contributed by atoms with Crippen LogP contribution < -0.4 is 5.32 Å². The third-order valence-corrected chi connectivity index (χ3v) is 4.00. The van der Waals surface area contributed by atoms with Crippen molar-refractivity contribution in [3.8, 4) is 0 Å². The third-order valence-electron chi connectivity index (χ3n) is 4.00. The molecule has 26 heavy (non-hydrogen) atoms. The van der Waals surface area contributed by atoms with Gasteiger partial charge in [-0.2, -0.15) is 0 Å². The number of aryl methyl sites for hydroxylation is 1. The van der Waals surface area contributed by atoms with Crippen molar-refractivity contribution in [1.82, 2.24) is 19.8 Å². The average molecular weight is 361 g/mol. The predicted octanol–water partition coefficient (Wildman–Crippen LogP) is 1.72. The zero-order chi connectivity index (χ0) is 18.7. The molecule has 9 heteroatoms. The molecule has 1 aliphatic heterocycles. The van der Waals surface area contributed by atoms with Crippen molar-refractivity contribution in [2.75, 3.05) is 31.5 Å². The molecular weight excluding hydrogens is 344 g/mol. The van der Waals surface area contributed by atoms with Crippen molar-refractivity contribution >= 4 is 24.0 Å². The molecule has 1 aromatic heterocycles. The monoisotopic (exact) mass is 361 g/mol. The number of amides is 2. The maximum Gasteiger partial charge on any atom is 0.272 e. The second kappa shape index (κ2) is 7.42. The normalized spacial score (nSPS) is 14.3. The van der Waals surface area contributed by atoms with E-state index in [9.17, 15) is 18.4 Å². The highest BCUT2D eigenvalue weighted by molar-refractivity contribution is 5.93. The lowest BCUT2D eigenvalue weighted by Gasteiger charge is -2.32. The van der Waals surface area contributed by atoms with E-state index in [-0.39, 0.29) is 23.2 Å².